The maximum absolute atomic E-state index is 13.6. The second kappa shape index (κ2) is 7.49. The molecule has 0 amide bonds. The van der Waals surface area contributed by atoms with Gasteiger partial charge in [-0.2, -0.15) is 5.26 Å². The third-order valence-corrected chi connectivity index (χ3v) is 2.76. The minimum absolute atomic E-state index is 0.244. The average molecular weight is 264 g/mol. The van der Waals surface area contributed by atoms with Gasteiger partial charge in [0.2, 0.25) is 0 Å². The van der Waals surface area contributed by atoms with Gasteiger partial charge in [-0.1, -0.05) is 0 Å². The highest BCUT2D eigenvalue weighted by Gasteiger charge is 2.08. The van der Waals surface area contributed by atoms with Crippen LogP contribution in [0.2, 0.25) is 0 Å². The van der Waals surface area contributed by atoms with Crippen molar-refractivity contribution in [1.29, 1.82) is 5.26 Å². The predicted octanol–water partition coefficient (Wildman–Crippen LogP) is 2.08. The maximum atomic E-state index is 13.6. The van der Waals surface area contributed by atoms with Gasteiger partial charge in [0.25, 0.3) is 0 Å². The minimum atomic E-state index is -0.321. The topological polar surface area (TPSA) is 53.3 Å². The summed E-state index contributed by atoms with van der Waals surface area (Å²) in [7, 11) is 3.20. The Hall–Kier alpha value is -1.93. The third-order valence-electron chi connectivity index (χ3n) is 2.76. The molecule has 1 aromatic rings. The van der Waals surface area contributed by atoms with Crippen LogP contribution in [0, 0.1) is 17.1 Å². The van der Waals surface area contributed by atoms with E-state index in [2.05, 4.69) is 4.74 Å². The fourth-order valence-corrected chi connectivity index (χ4v) is 1.73. The molecule has 4 nitrogen and oxygen atoms in total. The van der Waals surface area contributed by atoms with Crippen LogP contribution in [0.3, 0.4) is 0 Å². The number of nitrogens with zero attached hydrogens (tertiary/aromatic N) is 2. The van der Waals surface area contributed by atoms with Crippen LogP contribution in [0.1, 0.15) is 24.0 Å². The Balaban J connectivity index is 2.50. The first-order chi connectivity index (χ1) is 9.06. The summed E-state index contributed by atoms with van der Waals surface area (Å²) in [6.07, 6.45) is 1.00. The van der Waals surface area contributed by atoms with Crippen molar-refractivity contribution in [2.45, 2.75) is 19.4 Å². The van der Waals surface area contributed by atoms with Gasteiger partial charge in [-0.25, -0.2) is 4.39 Å². The number of halogens is 1. The molecule has 0 N–H and O–H groups in total. The Bertz CT molecular complexity index is 483. The summed E-state index contributed by atoms with van der Waals surface area (Å²) in [6, 6.07) is 6.29. The number of carbonyl (C=O) groups is 1. The highest BCUT2D eigenvalue weighted by Crippen LogP contribution is 2.12. The van der Waals surface area contributed by atoms with Crippen LogP contribution >= 0.6 is 0 Å². The SMILES string of the molecule is COC(=O)CCCN(C)Cc1cc(C#N)ccc1F. The van der Waals surface area contributed by atoms with Gasteiger partial charge < -0.3 is 9.64 Å². The standard InChI is InChI=1S/C14H17FN2O2/c1-17(7-3-4-14(18)19-2)10-12-8-11(9-16)5-6-13(12)15/h5-6,8H,3-4,7,10H2,1-2H3. The fourth-order valence-electron chi connectivity index (χ4n) is 1.73. The zero-order chi connectivity index (χ0) is 14.3. The molecule has 19 heavy (non-hydrogen) atoms. The van der Waals surface area contributed by atoms with Crippen molar-refractivity contribution < 1.29 is 13.9 Å². The lowest BCUT2D eigenvalue weighted by molar-refractivity contribution is -0.140. The molecule has 0 aliphatic carbocycles. The monoisotopic (exact) mass is 264 g/mol. The molecular formula is C14H17FN2O2. The fraction of sp³-hybridized carbons (Fsp3) is 0.429. The van der Waals surface area contributed by atoms with E-state index in [0.717, 1.165) is 0 Å². The molecular weight excluding hydrogens is 247 g/mol. The summed E-state index contributed by atoms with van der Waals surface area (Å²) in [5.74, 6) is -0.565. The minimum Gasteiger partial charge on any atom is -0.469 e. The van der Waals surface area contributed by atoms with Gasteiger partial charge in [0.15, 0.2) is 0 Å². The summed E-state index contributed by atoms with van der Waals surface area (Å²) in [5.41, 5.74) is 0.930. The van der Waals surface area contributed by atoms with E-state index in [1.165, 1.54) is 19.2 Å². The van der Waals surface area contributed by atoms with Crippen molar-refractivity contribution in [1.82, 2.24) is 4.90 Å². The van der Waals surface area contributed by atoms with Crippen LogP contribution < -0.4 is 0 Å². The molecule has 0 fully saturated rings. The summed E-state index contributed by atoms with van der Waals surface area (Å²) < 4.78 is 18.1. The zero-order valence-electron chi connectivity index (χ0n) is 11.1. The van der Waals surface area contributed by atoms with E-state index >= 15 is 0 Å². The first-order valence-electron chi connectivity index (χ1n) is 6.00. The number of hydrogen-bond acceptors (Lipinski definition) is 4. The molecule has 0 radical (unpaired) electrons. The van der Waals surface area contributed by atoms with E-state index in [4.69, 9.17) is 5.26 Å². The van der Waals surface area contributed by atoms with E-state index in [1.54, 1.807) is 6.07 Å². The third kappa shape index (κ3) is 5.06. The molecule has 0 unspecified atom stereocenters. The Morgan fingerprint density at radius 1 is 1.53 bits per heavy atom. The van der Waals surface area contributed by atoms with E-state index < -0.39 is 0 Å². The molecule has 0 aliphatic heterocycles. The molecule has 0 atom stereocenters. The van der Waals surface area contributed by atoms with E-state index in [-0.39, 0.29) is 11.8 Å². The van der Waals surface area contributed by atoms with Crippen LogP contribution in [0.4, 0.5) is 4.39 Å². The Morgan fingerprint density at radius 2 is 2.26 bits per heavy atom. The second-order valence-corrected chi connectivity index (χ2v) is 4.34. The summed E-state index contributed by atoms with van der Waals surface area (Å²) in [6.45, 7) is 1.06. The van der Waals surface area contributed by atoms with Gasteiger partial charge in [-0.05, 0) is 38.2 Å². The Morgan fingerprint density at radius 3 is 2.89 bits per heavy atom. The Labute approximate surface area is 112 Å². The van der Waals surface area contributed by atoms with Crippen LogP contribution in [0.15, 0.2) is 18.2 Å². The van der Waals surface area contributed by atoms with Gasteiger partial charge in [-0.3, -0.25) is 4.79 Å². The van der Waals surface area contributed by atoms with Gasteiger partial charge in [-0.15, -0.1) is 0 Å². The van der Waals surface area contributed by atoms with E-state index in [0.29, 0.717) is 37.1 Å². The first-order valence-corrected chi connectivity index (χ1v) is 6.00. The van der Waals surface area contributed by atoms with Gasteiger partial charge in [0.1, 0.15) is 5.82 Å². The molecule has 0 spiro atoms. The first kappa shape index (κ1) is 15.1. The smallest absolute Gasteiger partial charge is 0.305 e. The quantitative estimate of drug-likeness (QED) is 0.738. The molecule has 0 saturated carbocycles. The molecule has 5 heteroatoms. The van der Waals surface area contributed by atoms with Gasteiger partial charge in [0, 0.05) is 18.5 Å². The lowest BCUT2D eigenvalue weighted by Crippen LogP contribution is -2.20. The largest absolute Gasteiger partial charge is 0.469 e. The number of hydrogen-bond donors (Lipinski definition) is 0. The van der Waals surface area contributed by atoms with Crippen LogP contribution in [-0.2, 0) is 16.1 Å². The van der Waals surface area contributed by atoms with Crippen LogP contribution in [0.5, 0.6) is 0 Å². The van der Waals surface area contributed by atoms with Crippen LogP contribution in [-0.4, -0.2) is 31.6 Å². The number of nitriles is 1. The zero-order valence-corrected chi connectivity index (χ0v) is 11.1. The summed E-state index contributed by atoms with van der Waals surface area (Å²) in [5, 5.41) is 8.78. The summed E-state index contributed by atoms with van der Waals surface area (Å²) >= 11 is 0. The molecule has 102 valence electrons. The number of benzene rings is 1. The number of ether oxygens (including phenoxy) is 1. The molecule has 0 heterocycles. The average Bonchev–Trinajstić information content (AvgIpc) is 2.41. The van der Waals surface area contributed by atoms with E-state index in [9.17, 15) is 9.18 Å². The maximum Gasteiger partial charge on any atom is 0.305 e. The highest BCUT2D eigenvalue weighted by atomic mass is 19.1. The van der Waals surface area contributed by atoms with Crippen molar-refractivity contribution in [3.63, 3.8) is 0 Å². The highest BCUT2D eigenvalue weighted by molar-refractivity contribution is 5.69. The second-order valence-electron chi connectivity index (χ2n) is 4.34. The molecule has 0 saturated heterocycles. The molecule has 0 bridgehead atoms. The van der Waals surface area contributed by atoms with E-state index in [1.807, 2.05) is 18.0 Å². The molecule has 0 aliphatic rings. The number of carbonyl (C=O) groups excluding carboxylic acids is 1. The molecule has 1 aromatic carbocycles. The van der Waals surface area contributed by atoms with Crippen LogP contribution in [0.25, 0.3) is 0 Å². The van der Waals surface area contributed by atoms with Crippen molar-refractivity contribution >= 4 is 5.97 Å². The van der Waals surface area contributed by atoms with Gasteiger partial charge >= 0.3 is 5.97 Å². The Kier molecular flexibility index (Phi) is 5.97. The molecule has 1 rings (SSSR count). The number of methoxy groups -OCH3 is 1. The van der Waals surface area contributed by atoms with Crippen molar-refractivity contribution in [2.75, 3.05) is 20.7 Å². The predicted molar refractivity (Wildman–Crippen MR) is 68.7 cm³/mol. The van der Waals surface area contributed by atoms with Crippen molar-refractivity contribution in [3.05, 3.63) is 35.1 Å². The van der Waals surface area contributed by atoms with Crippen molar-refractivity contribution in [2.24, 2.45) is 0 Å². The number of rotatable bonds is 6. The molecule has 0 aromatic heterocycles. The number of esters is 1. The summed E-state index contributed by atoms with van der Waals surface area (Å²) in [4.78, 5) is 12.9. The van der Waals surface area contributed by atoms with Crippen molar-refractivity contribution in [3.8, 4) is 6.07 Å². The lowest BCUT2D eigenvalue weighted by Gasteiger charge is -2.16. The lowest BCUT2D eigenvalue weighted by atomic mass is 10.1. The normalized spacial score (nSPS) is 10.3. The van der Waals surface area contributed by atoms with Gasteiger partial charge in [0.05, 0.1) is 18.7 Å².